The molecule has 1 fully saturated rings. The second-order valence-electron chi connectivity index (χ2n) is 6.04. The molecule has 23 heavy (non-hydrogen) atoms. The van der Waals surface area contributed by atoms with E-state index in [2.05, 4.69) is 27.3 Å². The normalized spacial score (nSPS) is 21.6. The van der Waals surface area contributed by atoms with E-state index in [0.29, 0.717) is 6.54 Å². The van der Waals surface area contributed by atoms with Gasteiger partial charge in [-0.15, -0.1) is 0 Å². The zero-order valence-corrected chi connectivity index (χ0v) is 14.5. The van der Waals surface area contributed by atoms with Crippen LogP contribution in [-0.4, -0.2) is 55.8 Å². The third-order valence-electron chi connectivity index (χ3n) is 4.47. The van der Waals surface area contributed by atoms with Crippen LogP contribution in [0.3, 0.4) is 0 Å². The molecule has 1 aromatic rings. The number of aryl methyl sites for hydroxylation is 2. The highest BCUT2D eigenvalue weighted by Crippen LogP contribution is 2.24. The average Bonchev–Trinajstić information content (AvgIpc) is 3.07. The molecule has 2 unspecified atom stereocenters. The van der Waals surface area contributed by atoms with Crippen LogP contribution in [0.4, 0.5) is 0 Å². The largest absolute Gasteiger partial charge is 0.469 e. The molecule has 0 bridgehead atoms. The summed E-state index contributed by atoms with van der Waals surface area (Å²) in [5, 5.41) is 7.32. The quantitative estimate of drug-likeness (QED) is 0.509. The molecule has 0 amide bonds. The van der Waals surface area contributed by atoms with Gasteiger partial charge in [-0.2, -0.15) is 0 Å². The number of esters is 1. The van der Waals surface area contributed by atoms with Crippen LogP contribution in [0.25, 0.3) is 0 Å². The molecule has 1 saturated heterocycles. The number of aromatic nitrogens is 1. The number of aliphatic imine (C=N–C) groups is 1. The second-order valence-corrected chi connectivity index (χ2v) is 6.04. The molecule has 1 N–H and O–H groups in total. The van der Waals surface area contributed by atoms with Crippen LogP contribution in [0, 0.1) is 25.7 Å². The number of carbonyl (C=O) groups is 1. The van der Waals surface area contributed by atoms with Gasteiger partial charge in [0.05, 0.1) is 18.7 Å². The highest BCUT2D eigenvalue weighted by Gasteiger charge is 2.36. The first-order valence-corrected chi connectivity index (χ1v) is 7.93. The highest BCUT2D eigenvalue weighted by atomic mass is 16.5. The number of ether oxygens (including phenoxy) is 1. The lowest BCUT2D eigenvalue weighted by Gasteiger charge is -2.21. The summed E-state index contributed by atoms with van der Waals surface area (Å²) in [5.74, 6) is 1.69. The molecule has 0 saturated carbocycles. The van der Waals surface area contributed by atoms with E-state index in [1.807, 2.05) is 13.8 Å². The Bertz CT molecular complexity index is 562. The summed E-state index contributed by atoms with van der Waals surface area (Å²) in [6, 6.07) is 0. The van der Waals surface area contributed by atoms with Crippen molar-refractivity contribution in [1.82, 2.24) is 15.4 Å². The van der Waals surface area contributed by atoms with Crippen LogP contribution >= 0.6 is 0 Å². The Labute approximate surface area is 137 Å². The van der Waals surface area contributed by atoms with Crippen molar-refractivity contribution in [3.05, 3.63) is 17.0 Å². The SMILES string of the molecule is CN=C(NCCc1c(C)noc1C)N1CC(C)C(C(=O)OC)C1. The van der Waals surface area contributed by atoms with E-state index in [0.717, 1.165) is 42.5 Å². The minimum absolute atomic E-state index is 0.0962. The van der Waals surface area contributed by atoms with E-state index < -0.39 is 0 Å². The molecule has 7 heteroatoms. The van der Waals surface area contributed by atoms with Gasteiger partial charge in [0.15, 0.2) is 5.96 Å². The Balaban J connectivity index is 1.90. The van der Waals surface area contributed by atoms with Crippen molar-refractivity contribution in [2.75, 3.05) is 33.8 Å². The van der Waals surface area contributed by atoms with Gasteiger partial charge in [0.1, 0.15) is 5.76 Å². The van der Waals surface area contributed by atoms with E-state index in [4.69, 9.17) is 9.26 Å². The number of methoxy groups -OCH3 is 1. The van der Waals surface area contributed by atoms with Crippen molar-refractivity contribution in [2.24, 2.45) is 16.8 Å². The number of hydrogen-bond acceptors (Lipinski definition) is 5. The maximum atomic E-state index is 11.8. The number of guanidine groups is 1. The van der Waals surface area contributed by atoms with Crippen molar-refractivity contribution in [3.8, 4) is 0 Å². The first kappa shape index (κ1) is 17.3. The van der Waals surface area contributed by atoms with Gasteiger partial charge < -0.3 is 19.5 Å². The molecule has 2 atom stereocenters. The molecule has 7 nitrogen and oxygen atoms in total. The van der Waals surface area contributed by atoms with Gasteiger partial charge in [0, 0.05) is 32.2 Å². The molecule has 2 heterocycles. The first-order chi connectivity index (χ1) is 11.0. The molecule has 1 aliphatic heterocycles. The molecule has 0 aromatic carbocycles. The van der Waals surface area contributed by atoms with Crippen LogP contribution in [-0.2, 0) is 16.0 Å². The minimum atomic E-state index is -0.147. The number of rotatable bonds is 4. The number of nitrogens with zero attached hydrogens (tertiary/aromatic N) is 3. The lowest BCUT2D eigenvalue weighted by Crippen LogP contribution is -2.41. The average molecular weight is 322 g/mol. The number of nitrogens with one attached hydrogen (secondary N) is 1. The zero-order chi connectivity index (χ0) is 17.0. The predicted octanol–water partition coefficient (Wildman–Crippen LogP) is 1.15. The zero-order valence-electron chi connectivity index (χ0n) is 14.5. The maximum Gasteiger partial charge on any atom is 0.310 e. The summed E-state index contributed by atoms with van der Waals surface area (Å²) < 4.78 is 10.1. The van der Waals surface area contributed by atoms with Gasteiger partial charge in [-0.3, -0.25) is 9.79 Å². The molecular weight excluding hydrogens is 296 g/mol. The topological polar surface area (TPSA) is 80.0 Å². The van der Waals surface area contributed by atoms with Crippen molar-refractivity contribution in [2.45, 2.75) is 27.2 Å². The summed E-state index contributed by atoms with van der Waals surface area (Å²) >= 11 is 0. The Kier molecular flexibility index (Phi) is 5.63. The standard InChI is InChI=1S/C16H26N4O3/c1-10-8-20(9-14(10)15(21)22-5)16(17-4)18-7-6-13-11(2)19-23-12(13)3/h10,14H,6-9H2,1-5H3,(H,17,18). The summed E-state index contributed by atoms with van der Waals surface area (Å²) in [4.78, 5) is 18.2. The fourth-order valence-corrected chi connectivity index (χ4v) is 3.09. The Hall–Kier alpha value is -2.05. The molecule has 0 aliphatic carbocycles. The fourth-order valence-electron chi connectivity index (χ4n) is 3.09. The summed E-state index contributed by atoms with van der Waals surface area (Å²) in [6.45, 7) is 8.11. The van der Waals surface area contributed by atoms with Gasteiger partial charge in [0.25, 0.3) is 0 Å². The van der Waals surface area contributed by atoms with E-state index in [9.17, 15) is 4.79 Å². The number of carbonyl (C=O) groups excluding carboxylic acids is 1. The summed E-state index contributed by atoms with van der Waals surface area (Å²) in [6.07, 6.45) is 0.823. The smallest absolute Gasteiger partial charge is 0.310 e. The molecule has 1 aliphatic rings. The van der Waals surface area contributed by atoms with Gasteiger partial charge in [-0.1, -0.05) is 12.1 Å². The van der Waals surface area contributed by atoms with Gasteiger partial charge in [-0.25, -0.2) is 0 Å². The third kappa shape index (κ3) is 3.83. The van der Waals surface area contributed by atoms with E-state index in [1.165, 1.54) is 7.11 Å². The summed E-state index contributed by atoms with van der Waals surface area (Å²) in [5.41, 5.74) is 2.06. The Morgan fingerprint density at radius 1 is 1.48 bits per heavy atom. The lowest BCUT2D eigenvalue weighted by atomic mass is 9.99. The monoisotopic (exact) mass is 322 g/mol. The number of hydrogen-bond donors (Lipinski definition) is 1. The molecule has 0 radical (unpaired) electrons. The predicted molar refractivity (Wildman–Crippen MR) is 87.3 cm³/mol. The van der Waals surface area contributed by atoms with Crippen molar-refractivity contribution < 1.29 is 14.1 Å². The lowest BCUT2D eigenvalue weighted by molar-refractivity contribution is -0.145. The highest BCUT2D eigenvalue weighted by molar-refractivity contribution is 5.82. The minimum Gasteiger partial charge on any atom is -0.469 e. The van der Waals surface area contributed by atoms with Crippen molar-refractivity contribution >= 4 is 11.9 Å². The summed E-state index contributed by atoms with van der Waals surface area (Å²) in [7, 11) is 3.20. The molecular formula is C16H26N4O3. The van der Waals surface area contributed by atoms with E-state index >= 15 is 0 Å². The van der Waals surface area contributed by atoms with E-state index in [-0.39, 0.29) is 17.8 Å². The van der Waals surface area contributed by atoms with E-state index in [1.54, 1.807) is 7.05 Å². The first-order valence-electron chi connectivity index (χ1n) is 7.93. The van der Waals surface area contributed by atoms with Crippen LogP contribution in [0.15, 0.2) is 9.52 Å². The van der Waals surface area contributed by atoms with Crippen LogP contribution in [0.2, 0.25) is 0 Å². The third-order valence-corrected chi connectivity index (χ3v) is 4.47. The van der Waals surface area contributed by atoms with Crippen molar-refractivity contribution in [1.29, 1.82) is 0 Å². The molecule has 1 aromatic heterocycles. The number of likely N-dealkylation sites (tertiary alicyclic amines) is 1. The molecule has 2 rings (SSSR count). The Morgan fingerprint density at radius 2 is 2.22 bits per heavy atom. The fraction of sp³-hybridized carbons (Fsp3) is 0.688. The van der Waals surface area contributed by atoms with Crippen LogP contribution in [0.5, 0.6) is 0 Å². The molecule has 128 valence electrons. The maximum absolute atomic E-state index is 11.8. The van der Waals surface area contributed by atoms with Gasteiger partial charge in [-0.05, 0) is 26.2 Å². The Morgan fingerprint density at radius 3 is 2.78 bits per heavy atom. The van der Waals surface area contributed by atoms with Crippen molar-refractivity contribution in [3.63, 3.8) is 0 Å². The van der Waals surface area contributed by atoms with Gasteiger partial charge in [0.2, 0.25) is 0 Å². The van der Waals surface area contributed by atoms with Gasteiger partial charge >= 0.3 is 5.97 Å². The van der Waals surface area contributed by atoms with Crippen LogP contribution < -0.4 is 5.32 Å². The van der Waals surface area contributed by atoms with Crippen LogP contribution in [0.1, 0.15) is 23.9 Å². The second kappa shape index (κ2) is 7.48. The molecule has 0 spiro atoms.